The Kier molecular flexibility index (Phi) is 16.5. The molecule has 0 saturated heterocycles. The summed E-state index contributed by atoms with van der Waals surface area (Å²) in [6, 6.07) is 44.8. The first kappa shape index (κ1) is 28.6. The molecule has 166 valence electrons. The summed E-state index contributed by atoms with van der Waals surface area (Å²) < 4.78 is 0. The monoisotopic (exact) mass is 621 g/mol. The van der Waals surface area contributed by atoms with Crippen LogP contribution in [0.4, 0.5) is 0 Å². The van der Waals surface area contributed by atoms with E-state index < -0.39 is 7.92 Å². The van der Waals surface area contributed by atoms with Gasteiger partial charge in [0.25, 0.3) is 0 Å². The zero-order chi connectivity index (χ0) is 22.7. The van der Waals surface area contributed by atoms with Gasteiger partial charge in [-0.05, 0) is 55.9 Å². The summed E-state index contributed by atoms with van der Waals surface area (Å²) >= 11 is 0. The first-order chi connectivity index (χ1) is 15.9. The van der Waals surface area contributed by atoms with Crippen molar-refractivity contribution in [2.24, 2.45) is 0 Å². The van der Waals surface area contributed by atoms with Gasteiger partial charge in [0.1, 0.15) is 0 Å². The summed E-state index contributed by atoms with van der Waals surface area (Å²) in [5, 5.41) is 4.19. The molecule has 6 radical (unpaired) electrons. The van der Waals surface area contributed by atoms with Gasteiger partial charge >= 0.3 is 0 Å². The summed E-state index contributed by atoms with van der Waals surface area (Å²) in [4.78, 5) is 7.25. The Hall–Kier alpha value is -2.43. The van der Waals surface area contributed by atoms with E-state index in [1.165, 1.54) is 15.9 Å². The van der Waals surface area contributed by atoms with E-state index in [2.05, 4.69) is 97.1 Å². The summed E-state index contributed by atoms with van der Waals surface area (Å²) in [5.74, 6) is 0. The fraction of sp³-hybridized carbons (Fsp3) is 0. The van der Waals surface area contributed by atoms with Crippen LogP contribution in [0.25, 0.3) is 5.59 Å². The third-order valence-corrected chi connectivity index (χ3v) is 6.65. The van der Waals surface area contributed by atoms with Crippen LogP contribution in [0.2, 0.25) is 0 Å². The van der Waals surface area contributed by atoms with E-state index in [1.54, 1.807) is 0 Å². The molecule has 0 atom stereocenters. The molecule has 0 amide bonds. The van der Waals surface area contributed by atoms with Crippen LogP contribution in [-0.2, 0) is 20.4 Å². The SMILES string of the molecule is [CH]1[CH][CH][CH][CH]1.[N-]=O.[Re].[c-]1ccccc1.c1ccc(P(c2ccccc2)c2ccccc2)cc1. The molecule has 1 saturated carbocycles. The zero-order valence-electron chi connectivity index (χ0n) is 18.1. The minimum absolute atomic E-state index is 0. The number of hydrogen-bond donors (Lipinski definition) is 0. The molecule has 33 heavy (non-hydrogen) atoms. The molecule has 4 aromatic carbocycles. The topological polar surface area (TPSA) is 39.4 Å². The van der Waals surface area contributed by atoms with Gasteiger partial charge in [-0.2, -0.15) is 36.4 Å². The molecule has 0 N–H and O–H groups in total. The fourth-order valence-electron chi connectivity index (χ4n) is 2.84. The summed E-state index contributed by atoms with van der Waals surface area (Å²) in [6.45, 7) is 0. The van der Waals surface area contributed by atoms with Crippen LogP contribution in [0.1, 0.15) is 0 Å². The van der Waals surface area contributed by atoms with E-state index in [0.29, 0.717) is 0 Å². The molecular weight excluding hydrogens is 596 g/mol. The van der Waals surface area contributed by atoms with Gasteiger partial charge in [-0.25, -0.2) is 0 Å². The minimum atomic E-state index is -0.446. The van der Waals surface area contributed by atoms with E-state index in [-0.39, 0.29) is 20.4 Å². The van der Waals surface area contributed by atoms with Crippen LogP contribution >= 0.6 is 7.92 Å². The zero-order valence-corrected chi connectivity index (χ0v) is 21.7. The Bertz CT molecular complexity index is 808. The van der Waals surface area contributed by atoms with Gasteiger partial charge in [0.05, 0.1) is 0 Å². The van der Waals surface area contributed by atoms with Crippen LogP contribution in [0.15, 0.2) is 121 Å². The standard InChI is InChI=1S/C18H15P.C6H5.C5H5.NO.Re/c1-4-10-16(11-5-1)19(17-12-6-2-7-13-17)18-14-8-3-9-15-18;1-2-4-6-5-3-1;1-2-4-5-3-1;1-2;/h1-15H;1-5H;1-5H;;/q;-1;;-1;. The van der Waals surface area contributed by atoms with Gasteiger partial charge in [0.2, 0.25) is 0 Å². The first-order valence-corrected chi connectivity index (χ1v) is 11.5. The van der Waals surface area contributed by atoms with Crippen molar-refractivity contribution in [3.05, 3.63) is 170 Å². The average Bonchev–Trinajstić information content (AvgIpc) is 3.50. The smallest absolute Gasteiger partial charge is 0 e. The first-order valence-electron chi connectivity index (χ1n) is 10.2. The molecule has 4 heteroatoms. The summed E-state index contributed by atoms with van der Waals surface area (Å²) in [7, 11) is -0.446. The second-order valence-electron chi connectivity index (χ2n) is 6.38. The molecule has 0 bridgehead atoms. The van der Waals surface area contributed by atoms with E-state index in [1.807, 2.05) is 62.4 Å². The molecule has 0 unspecified atom stereocenters. The third-order valence-electron chi connectivity index (χ3n) is 4.21. The molecule has 0 heterocycles. The third kappa shape index (κ3) is 11.3. The molecule has 2 nitrogen and oxygen atoms in total. The minimum Gasteiger partial charge on any atom is -0.577 e. The van der Waals surface area contributed by atoms with Crippen molar-refractivity contribution in [1.29, 1.82) is 0 Å². The summed E-state index contributed by atoms with van der Waals surface area (Å²) in [5.41, 5.74) is 5.75. The van der Waals surface area contributed by atoms with Gasteiger partial charge < -0.3 is 10.5 Å². The maximum Gasteiger partial charge on any atom is 0 e. The van der Waals surface area contributed by atoms with Crippen LogP contribution in [0.3, 0.4) is 0 Å². The Morgan fingerprint density at radius 3 is 0.939 bits per heavy atom. The van der Waals surface area contributed by atoms with Crippen molar-refractivity contribution in [1.82, 2.24) is 0 Å². The largest absolute Gasteiger partial charge is 0.577 e. The van der Waals surface area contributed by atoms with Crippen molar-refractivity contribution >= 4 is 23.8 Å². The van der Waals surface area contributed by atoms with Gasteiger partial charge in [-0.1, -0.05) is 91.0 Å². The molecular formula is C29H25NOPRe-2. The maximum atomic E-state index is 7.25. The number of nitrogens with zero attached hydrogens (tertiary/aromatic N) is 1. The average molecular weight is 621 g/mol. The Morgan fingerprint density at radius 1 is 0.455 bits per heavy atom. The van der Waals surface area contributed by atoms with Crippen LogP contribution in [0.5, 0.6) is 0 Å². The van der Waals surface area contributed by atoms with Crippen molar-refractivity contribution in [2.75, 3.05) is 0 Å². The number of rotatable bonds is 3. The fourth-order valence-corrected chi connectivity index (χ4v) is 5.15. The van der Waals surface area contributed by atoms with Crippen LogP contribution in [-0.4, -0.2) is 0 Å². The Labute approximate surface area is 213 Å². The molecule has 1 aliphatic carbocycles. The predicted octanol–water partition coefficient (Wildman–Crippen LogP) is 6.27. The van der Waals surface area contributed by atoms with Crippen molar-refractivity contribution in [3.8, 4) is 0 Å². The predicted molar refractivity (Wildman–Crippen MR) is 139 cm³/mol. The van der Waals surface area contributed by atoms with Gasteiger partial charge in [-0.3, -0.25) is 0 Å². The van der Waals surface area contributed by atoms with Gasteiger partial charge in [-0.15, -0.1) is 0 Å². The summed E-state index contributed by atoms with van der Waals surface area (Å²) in [6.07, 6.45) is 10.0. The maximum absolute atomic E-state index is 7.25. The molecule has 0 aromatic heterocycles. The van der Waals surface area contributed by atoms with Crippen molar-refractivity contribution in [3.63, 3.8) is 0 Å². The normalized spacial score (nSPS) is 11.3. The Balaban J connectivity index is 0.000000319. The van der Waals surface area contributed by atoms with Crippen molar-refractivity contribution in [2.45, 2.75) is 0 Å². The van der Waals surface area contributed by atoms with Gasteiger partial charge in [0.15, 0.2) is 0 Å². The molecule has 4 aromatic rings. The molecule has 5 rings (SSSR count). The number of hydrogen-bond acceptors (Lipinski definition) is 1. The van der Waals surface area contributed by atoms with E-state index >= 15 is 0 Å². The van der Waals surface area contributed by atoms with Crippen molar-refractivity contribution < 1.29 is 20.4 Å². The second-order valence-corrected chi connectivity index (χ2v) is 8.60. The number of nitroso groups, excluding NO2 is 1. The Morgan fingerprint density at radius 2 is 0.727 bits per heavy atom. The molecule has 1 fully saturated rings. The van der Waals surface area contributed by atoms with E-state index in [9.17, 15) is 0 Å². The molecule has 1 aliphatic rings. The molecule has 0 aliphatic heterocycles. The molecule has 0 spiro atoms. The van der Waals surface area contributed by atoms with E-state index in [0.717, 1.165) is 0 Å². The van der Waals surface area contributed by atoms with Crippen LogP contribution < -0.4 is 15.9 Å². The van der Waals surface area contributed by atoms with Crippen LogP contribution in [0, 0.1) is 43.1 Å². The van der Waals surface area contributed by atoms with E-state index in [4.69, 9.17) is 10.5 Å². The quantitative estimate of drug-likeness (QED) is 0.197. The number of benzene rings is 4. The van der Waals surface area contributed by atoms with Gasteiger partial charge in [0, 0.05) is 20.4 Å². The second kappa shape index (κ2) is 19.1.